The first-order valence-electron chi connectivity index (χ1n) is 7.77. The minimum Gasteiger partial charge on any atom is -0.508 e. The Hall–Kier alpha value is -2.36. The van der Waals surface area contributed by atoms with E-state index in [0.29, 0.717) is 18.3 Å². The van der Waals surface area contributed by atoms with Gasteiger partial charge in [0.2, 0.25) is 0 Å². The molecule has 4 heteroatoms. The Kier molecular flexibility index (Phi) is 4.33. The van der Waals surface area contributed by atoms with Crippen molar-refractivity contribution in [2.24, 2.45) is 5.92 Å². The predicted molar refractivity (Wildman–Crippen MR) is 88.8 cm³/mol. The molecule has 0 amide bonds. The van der Waals surface area contributed by atoms with Gasteiger partial charge in [-0.1, -0.05) is 6.07 Å². The molecule has 0 aliphatic carbocycles. The highest BCUT2D eigenvalue weighted by Crippen LogP contribution is 2.35. The van der Waals surface area contributed by atoms with Crippen molar-refractivity contribution < 1.29 is 19.3 Å². The maximum Gasteiger partial charge on any atom is 0.126 e. The Morgan fingerprint density at radius 1 is 1.17 bits per heavy atom. The van der Waals surface area contributed by atoms with E-state index in [1.807, 2.05) is 25.1 Å². The maximum atomic E-state index is 10.1. The standard InChI is InChI=1S/C19H22O4/c1-12-6-15-8-13(11-23-19(15)10-18(12)22-3)7-14-4-5-16(21-2)9-17(14)20/h4-6,9-10,13,20H,7-8,11H2,1-3H3/t13-/m1/s1. The number of fused-ring (bicyclic) bond motifs is 1. The van der Waals surface area contributed by atoms with Gasteiger partial charge in [-0.05, 0) is 48.6 Å². The predicted octanol–water partition coefficient (Wildman–Crippen LogP) is 3.51. The Bertz CT molecular complexity index is 709. The number of phenolic OH excluding ortho intramolecular Hbond substituents is 1. The highest BCUT2D eigenvalue weighted by molar-refractivity contribution is 5.47. The van der Waals surface area contributed by atoms with Crippen LogP contribution in [-0.4, -0.2) is 25.9 Å². The van der Waals surface area contributed by atoms with Gasteiger partial charge >= 0.3 is 0 Å². The van der Waals surface area contributed by atoms with Gasteiger partial charge < -0.3 is 19.3 Å². The summed E-state index contributed by atoms with van der Waals surface area (Å²) in [6.07, 6.45) is 1.71. The van der Waals surface area contributed by atoms with Crippen LogP contribution in [0, 0.1) is 12.8 Å². The van der Waals surface area contributed by atoms with Crippen molar-refractivity contribution >= 4 is 0 Å². The molecule has 0 unspecified atom stereocenters. The Morgan fingerprint density at radius 2 is 2.00 bits per heavy atom. The molecule has 0 spiro atoms. The maximum absolute atomic E-state index is 10.1. The highest BCUT2D eigenvalue weighted by atomic mass is 16.5. The quantitative estimate of drug-likeness (QED) is 0.938. The van der Waals surface area contributed by atoms with Crippen molar-refractivity contribution in [3.05, 3.63) is 47.0 Å². The van der Waals surface area contributed by atoms with Crippen LogP contribution >= 0.6 is 0 Å². The molecule has 4 nitrogen and oxygen atoms in total. The lowest BCUT2D eigenvalue weighted by atomic mass is 9.90. The Labute approximate surface area is 136 Å². The molecule has 1 aliphatic rings. The smallest absolute Gasteiger partial charge is 0.126 e. The van der Waals surface area contributed by atoms with E-state index >= 15 is 0 Å². The molecule has 23 heavy (non-hydrogen) atoms. The monoisotopic (exact) mass is 314 g/mol. The number of rotatable bonds is 4. The summed E-state index contributed by atoms with van der Waals surface area (Å²) in [4.78, 5) is 0. The van der Waals surface area contributed by atoms with Crippen molar-refractivity contribution in [2.75, 3.05) is 20.8 Å². The third kappa shape index (κ3) is 3.21. The van der Waals surface area contributed by atoms with Crippen LogP contribution in [0.15, 0.2) is 30.3 Å². The van der Waals surface area contributed by atoms with Gasteiger partial charge in [-0.2, -0.15) is 0 Å². The van der Waals surface area contributed by atoms with E-state index in [1.165, 1.54) is 5.56 Å². The van der Waals surface area contributed by atoms with E-state index in [-0.39, 0.29) is 5.75 Å². The number of aromatic hydroxyl groups is 1. The minimum absolute atomic E-state index is 0.279. The summed E-state index contributed by atoms with van der Waals surface area (Å²) in [6.45, 7) is 2.68. The topological polar surface area (TPSA) is 47.9 Å². The summed E-state index contributed by atoms with van der Waals surface area (Å²) in [5.41, 5.74) is 3.24. The molecule has 1 heterocycles. The Balaban J connectivity index is 1.76. The van der Waals surface area contributed by atoms with Crippen LogP contribution in [0.25, 0.3) is 0 Å². The molecule has 0 bridgehead atoms. The van der Waals surface area contributed by atoms with E-state index in [9.17, 15) is 5.11 Å². The van der Waals surface area contributed by atoms with Gasteiger partial charge in [-0.3, -0.25) is 0 Å². The summed E-state index contributed by atoms with van der Waals surface area (Å²) in [6, 6.07) is 9.55. The minimum atomic E-state index is 0.279. The molecule has 0 fully saturated rings. The van der Waals surface area contributed by atoms with Crippen LogP contribution < -0.4 is 14.2 Å². The van der Waals surface area contributed by atoms with Crippen LogP contribution in [0.5, 0.6) is 23.0 Å². The van der Waals surface area contributed by atoms with Crippen molar-refractivity contribution in [2.45, 2.75) is 19.8 Å². The average molecular weight is 314 g/mol. The van der Waals surface area contributed by atoms with Gasteiger partial charge in [0, 0.05) is 18.1 Å². The molecular formula is C19H22O4. The van der Waals surface area contributed by atoms with E-state index in [1.54, 1.807) is 20.3 Å². The summed E-state index contributed by atoms with van der Waals surface area (Å²) < 4.78 is 16.4. The summed E-state index contributed by atoms with van der Waals surface area (Å²) in [5.74, 6) is 3.05. The molecule has 2 aromatic carbocycles. The lowest BCUT2D eigenvalue weighted by Crippen LogP contribution is -2.23. The van der Waals surface area contributed by atoms with Crippen molar-refractivity contribution in [3.8, 4) is 23.0 Å². The fourth-order valence-electron chi connectivity index (χ4n) is 3.11. The van der Waals surface area contributed by atoms with Gasteiger partial charge in [0.1, 0.15) is 23.0 Å². The first kappa shape index (κ1) is 15.5. The zero-order valence-corrected chi connectivity index (χ0v) is 13.8. The number of ether oxygens (including phenoxy) is 3. The van der Waals surface area contributed by atoms with Gasteiger partial charge in [0.05, 0.1) is 20.8 Å². The molecule has 1 atom stereocenters. The van der Waals surface area contributed by atoms with Crippen molar-refractivity contribution in [1.29, 1.82) is 0 Å². The SMILES string of the molecule is COc1ccc(C[C@H]2COc3cc(OC)c(C)cc3C2)c(O)c1. The van der Waals surface area contributed by atoms with Gasteiger partial charge in [0.15, 0.2) is 0 Å². The number of phenols is 1. The van der Waals surface area contributed by atoms with Gasteiger partial charge in [0.25, 0.3) is 0 Å². The van der Waals surface area contributed by atoms with Gasteiger partial charge in [-0.25, -0.2) is 0 Å². The Morgan fingerprint density at radius 3 is 2.70 bits per heavy atom. The van der Waals surface area contributed by atoms with E-state index < -0.39 is 0 Å². The molecule has 1 aliphatic heterocycles. The second-order valence-corrected chi connectivity index (χ2v) is 6.01. The number of aryl methyl sites for hydroxylation is 1. The van der Waals surface area contributed by atoms with E-state index in [0.717, 1.165) is 35.5 Å². The fourth-order valence-corrected chi connectivity index (χ4v) is 3.11. The molecule has 0 saturated carbocycles. The second kappa shape index (κ2) is 6.41. The average Bonchev–Trinajstić information content (AvgIpc) is 2.56. The summed E-state index contributed by atoms with van der Waals surface area (Å²) in [5, 5.41) is 10.1. The molecule has 1 N–H and O–H groups in total. The van der Waals surface area contributed by atoms with Crippen molar-refractivity contribution in [1.82, 2.24) is 0 Å². The number of hydrogen-bond donors (Lipinski definition) is 1. The zero-order chi connectivity index (χ0) is 16.4. The largest absolute Gasteiger partial charge is 0.508 e. The number of benzene rings is 2. The fraction of sp³-hybridized carbons (Fsp3) is 0.368. The van der Waals surface area contributed by atoms with Crippen molar-refractivity contribution in [3.63, 3.8) is 0 Å². The third-order valence-corrected chi connectivity index (χ3v) is 4.36. The van der Waals surface area contributed by atoms with Crippen LogP contribution in [0.1, 0.15) is 16.7 Å². The number of hydrogen-bond acceptors (Lipinski definition) is 4. The van der Waals surface area contributed by atoms with E-state index in [2.05, 4.69) is 6.07 Å². The molecule has 2 aromatic rings. The number of methoxy groups -OCH3 is 2. The third-order valence-electron chi connectivity index (χ3n) is 4.36. The normalized spacial score (nSPS) is 16.4. The highest BCUT2D eigenvalue weighted by Gasteiger charge is 2.22. The molecule has 3 rings (SSSR count). The van der Waals surface area contributed by atoms with Crippen LogP contribution in [0.2, 0.25) is 0 Å². The molecule has 122 valence electrons. The van der Waals surface area contributed by atoms with Crippen LogP contribution in [0.4, 0.5) is 0 Å². The van der Waals surface area contributed by atoms with E-state index in [4.69, 9.17) is 14.2 Å². The summed E-state index contributed by atoms with van der Waals surface area (Å²) >= 11 is 0. The van der Waals surface area contributed by atoms with Crippen LogP contribution in [-0.2, 0) is 12.8 Å². The van der Waals surface area contributed by atoms with Crippen LogP contribution in [0.3, 0.4) is 0 Å². The second-order valence-electron chi connectivity index (χ2n) is 6.01. The molecule has 0 aromatic heterocycles. The van der Waals surface area contributed by atoms with Gasteiger partial charge in [-0.15, -0.1) is 0 Å². The molecule has 0 radical (unpaired) electrons. The lowest BCUT2D eigenvalue weighted by Gasteiger charge is -2.26. The summed E-state index contributed by atoms with van der Waals surface area (Å²) in [7, 11) is 3.27. The lowest BCUT2D eigenvalue weighted by molar-refractivity contribution is 0.219. The molecular weight excluding hydrogens is 292 g/mol. The zero-order valence-electron chi connectivity index (χ0n) is 13.8. The molecule has 0 saturated heterocycles. The first-order valence-corrected chi connectivity index (χ1v) is 7.77. The first-order chi connectivity index (χ1) is 11.1.